The van der Waals surface area contributed by atoms with Gasteiger partial charge in [0.15, 0.2) is 10.8 Å². The summed E-state index contributed by atoms with van der Waals surface area (Å²) in [5, 5.41) is 22.2. The molecule has 6 heterocycles. The normalized spacial score (nSPS) is 19.7. The van der Waals surface area contributed by atoms with Crippen LogP contribution in [0.3, 0.4) is 0 Å². The molecule has 364 valence electrons. The van der Waals surface area contributed by atoms with Crippen LogP contribution in [0.2, 0.25) is 0 Å². The lowest BCUT2D eigenvalue weighted by Crippen LogP contribution is -2.47. The minimum absolute atomic E-state index is 0.0226. The van der Waals surface area contributed by atoms with Gasteiger partial charge in [0.05, 0.1) is 33.4 Å². The first kappa shape index (κ1) is 46.2. The Balaban J connectivity index is 0.680. The monoisotopic (exact) mass is 971 g/mol. The molecule has 16 heteroatoms. The van der Waals surface area contributed by atoms with Crippen LogP contribution in [0.5, 0.6) is 5.75 Å². The quantitative estimate of drug-likeness (QED) is 0.0995. The molecule has 2 saturated heterocycles. The number of fused-ring (bicyclic) bond motifs is 3. The zero-order valence-corrected chi connectivity index (χ0v) is 40.8. The second kappa shape index (κ2) is 19.6. The summed E-state index contributed by atoms with van der Waals surface area (Å²) in [7, 11) is 1.91. The van der Waals surface area contributed by atoms with Crippen molar-refractivity contribution in [3.05, 3.63) is 125 Å². The number of para-hydroxylation sites is 1. The van der Waals surface area contributed by atoms with E-state index in [1.165, 1.54) is 11.3 Å². The number of piperazine rings is 1. The van der Waals surface area contributed by atoms with Gasteiger partial charge in [0.2, 0.25) is 11.8 Å². The molecule has 0 spiro atoms. The number of carboxylic acid groups (broad SMARTS) is 1. The van der Waals surface area contributed by atoms with Gasteiger partial charge in [-0.1, -0.05) is 47.7 Å². The Morgan fingerprint density at radius 1 is 0.845 bits per heavy atom. The van der Waals surface area contributed by atoms with Crippen molar-refractivity contribution in [2.24, 2.45) is 13.0 Å². The van der Waals surface area contributed by atoms with Gasteiger partial charge in [-0.15, -0.1) is 0 Å². The lowest BCUT2D eigenvalue weighted by molar-refractivity contribution is -0.134. The number of rotatable bonds is 12. The van der Waals surface area contributed by atoms with Gasteiger partial charge in [0.1, 0.15) is 11.6 Å². The molecule has 1 atom stereocenters. The molecule has 4 aliphatic rings. The molecule has 3 amide bonds. The Labute approximate surface area is 415 Å². The van der Waals surface area contributed by atoms with E-state index >= 15 is 0 Å². The Kier molecular flexibility index (Phi) is 12.7. The van der Waals surface area contributed by atoms with Gasteiger partial charge in [-0.3, -0.25) is 34.6 Å². The number of amides is 3. The van der Waals surface area contributed by atoms with Gasteiger partial charge in [-0.2, -0.15) is 5.10 Å². The summed E-state index contributed by atoms with van der Waals surface area (Å²) < 4.78 is 9.54. The van der Waals surface area contributed by atoms with Crippen molar-refractivity contribution in [1.29, 1.82) is 0 Å². The number of anilines is 3. The predicted molar refractivity (Wildman–Crippen MR) is 276 cm³/mol. The smallest absolute Gasteiger partial charge is 0.355 e. The highest BCUT2D eigenvalue weighted by Crippen LogP contribution is 2.38. The van der Waals surface area contributed by atoms with E-state index in [0.29, 0.717) is 60.3 Å². The molecule has 1 unspecified atom stereocenters. The van der Waals surface area contributed by atoms with Crippen molar-refractivity contribution in [2.75, 3.05) is 54.4 Å². The number of hydrogen-bond acceptors (Lipinski definition) is 12. The molecular formula is C55H57N9O6S. The number of carbonyl (C=O) groups excluding carboxylic acids is 3. The van der Waals surface area contributed by atoms with E-state index in [4.69, 9.17) is 14.8 Å². The van der Waals surface area contributed by atoms with Gasteiger partial charge in [0, 0.05) is 74.9 Å². The second-order valence-electron chi connectivity index (χ2n) is 19.4. The maximum Gasteiger partial charge on any atom is 0.355 e. The van der Waals surface area contributed by atoms with E-state index < -0.39 is 11.9 Å². The van der Waals surface area contributed by atoms with Gasteiger partial charge in [0.25, 0.3) is 5.91 Å². The molecule has 0 radical (unpaired) electrons. The highest BCUT2D eigenvalue weighted by Gasteiger charge is 2.33. The maximum atomic E-state index is 13.7. The first-order valence-electron chi connectivity index (χ1n) is 24.8. The number of pyridine rings is 1. The van der Waals surface area contributed by atoms with Crippen LogP contribution >= 0.6 is 11.3 Å². The summed E-state index contributed by atoms with van der Waals surface area (Å²) >= 11 is 1.44. The number of thiazole rings is 1. The lowest BCUT2D eigenvalue weighted by Gasteiger charge is -2.37. The summed E-state index contributed by atoms with van der Waals surface area (Å²) in [5.74, 6) is -0.265. The van der Waals surface area contributed by atoms with Crippen molar-refractivity contribution in [3.8, 4) is 16.9 Å². The number of hydrogen-bond donors (Lipinski definition) is 3. The second-order valence-corrected chi connectivity index (χ2v) is 20.5. The van der Waals surface area contributed by atoms with E-state index in [-0.39, 0.29) is 29.5 Å². The predicted octanol–water partition coefficient (Wildman–Crippen LogP) is 8.74. The number of ether oxygens (including phenoxy) is 1. The Morgan fingerprint density at radius 2 is 1.66 bits per heavy atom. The number of piperidine rings is 1. The van der Waals surface area contributed by atoms with E-state index in [0.717, 1.165) is 125 Å². The number of imide groups is 1. The largest absolute Gasteiger partial charge is 0.490 e. The van der Waals surface area contributed by atoms with Crippen LogP contribution in [0.4, 0.5) is 16.6 Å². The molecule has 1 aliphatic carbocycles. The highest BCUT2D eigenvalue weighted by atomic mass is 32.1. The molecule has 71 heavy (non-hydrogen) atoms. The molecule has 11 rings (SSSR count). The number of aryl methyl sites for hydroxylation is 1. The average Bonchev–Trinajstić information content (AvgIpc) is 3.95. The van der Waals surface area contributed by atoms with Gasteiger partial charge < -0.3 is 19.6 Å². The lowest BCUT2D eigenvalue weighted by atomic mass is 9.85. The van der Waals surface area contributed by atoms with E-state index in [1.807, 2.05) is 96.3 Å². The van der Waals surface area contributed by atoms with Crippen LogP contribution in [-0.4, -0.2) is 98.8 Å². The van der Waals surface area contributed by atoms with Gasteiger partial charge in [-0.25, -0.2) is 14.8 Å². The Morgan fingerprint density at radius 3 is 2.46 bits per heavy atom. The maximum absolute atomic E-state index is 13.7. The molecule has 3 fully saturated rings. The van der Waals surface area contributed by atoms with Crippen LogP contribution < -0.4 is 25.2 Å². The highest BCUT2D eigenvalue weighted by molar-refractivity contribution is 7.22. The number of nitrogens with one attached hydrogen (secondary N) is 2. The number of carbonyl (C=O) groups is 4. The molecule has 7 aromatic rings. The molecule has 3 aromatic heterocycles. The van der Waals surface area contributed by atoms with Crippen molar-refractivity contribution in [3.63, 3.8) is 0 Å². The van der Waals surface area contributed by atoms with Crippen LogP contribution in [-0.2, 0) is 29.6 Å². The van der Waals surface area contributed by atoms with Gasteiger partial charge >= 0.3 is 5.97 Å². The fourth-order valence-corrected chi connectivity index (χ4v) is 12.0. The summed E-state index contributed by atoms with van der Waals surface area (Å²) in [6.45, 7) is 8.01. The van der Waals surface area contributed by atoms with Gasteiger partial charge in [-0.05, 0) is 141 Å². The number of aromatic carboxylic acids is 1. The topological polar surface area (TPSA) is 175 Å². The zero-order valence-electron chi connectivity index (χ0n) is 40.0. The van der Waals surface area contributed by atoms with Crippen LogP contribution in [0.15, 0.2) is 91.0 Å². The van der Waals surface area contributed by atoms with Crippen LogP contribution in [0, 0.1) is 12.8 Å². The van der Waals surface area contributed by atoms with E-state index in [2.05, 4.69) is 43.6 Å². The molecule has 0 bridgehead atoms. The minimum atomic E-state index is -1.10. The number of benzene rings is 4. The summed E-state index contributed by atoms with van der Waals surface area (Å²) in [6.07, 6.45) is 6.93. The third-order valence-corrected chi connectivity index (χ3v) is 16.1. The van der Waals surface area contributed by atoms with Crippen molar-refractivity contribution >= 4 is 72.8 Å². The molecule has 4 aromatic carbocycles. The summed E-state index contributed by atoms with van der Waals surface area (Å²) in [5.41, 5.74) is 8.46. The molecule has 15 nitrogen and oxygen atoms in total. The summed E-state index contributed by atoms with van der Waals surface area (Å²) in [4.78, 5) is 67.3. The SMILES string of the molecule is Cc1c(OC2CCC(CCN3CCN(c4ccc5c(C6CCC(=O)NC6=O)nn(C)c5c4)CC3)CC2)cccc1-c1ccc(N2CCc3cccc(C(=O)Nc4nc5ccccc5s4)c3C2)nc1C(=O)O. The number of carboxylic acids is 1. The molecule has 3 aliphatic heterocycles. The van der Waals surface area contributed by atoms with E-state index in [9.17, 15) is 24.3 Å². The number of nitrogens with zero attached hydrogens (tertiary/aromatic N) is 7. The molecule has 3 N–H and O–H groups in total. The third-order valence-electron chi connectivity index (χ3n) is 15.1. The first-order valence-corrected chi connectivity index (χ1v) is 25.7. The Hall–Kier alpha value is -7.17. The average molecular weight is 972 g/mol. The van der Waals surface area contributed by atoms with Crippen molar-refractivity contribution < 1.29 is 29.0 Å². The van der Waals surface area contributed by atoms with Crippen LogP contribution in [0.1, 0.15) is 94.1 Å². The zero-order chi connectivity index (χ0) is 48.8. The standard InChI is InChI=1S/C55H57N9O6S/c1-33-38(39-19-21-48(57-51(39)54(68)69)64-26-24-35-7-5-9-40(43(35)32-64)52(66)59-55-56-44-10-3-4-12-47(44)71-55)8-6-11-46(33)70-37-16-13-34(14-17-37)23-25-62-27-29-63(30-28-62)36-15-18-41-45(31-36)61(2)60-50(41)42-20-22-49(65)58-53(42)67/h3-12,15,18-19,21,31,34,37,42H,13-14,16-17,20,22-30,32H2,1-2H3,(H,68,69)(H,56,59,66)(H,58,65,67). The third kappa shape index (κ3) is 9.45. The summed E-state index contributed by atoms with van der Waals surface area (Å²) in [6, 6.07) is 29.6. The minimum Gasteiger partial charge on any atom is -0.490 e. The van der Waals surface area contributed by atoms with E-state index in [1.54, 1.807) is 0 Å². The molecular weight excluding hydrogens is 915 g/mol. The van der Waals surface area contributed by atoms with Crippen molar-refractivity contribution in [1.82, 2.24) is 30.0 Å². The number of aromatic nitrogens is 4. The fraction of sp³-hybridized carbons (Fsp3) is 0.364. The Bertz CT molecular complexity index is 3170. The molecule has 1 saturated carbocycles. The first-order chi connectivity index (χ1) is 34.5. The van der Waals surface area contributed by atoms with Crippen molar-refractivity contribution in [2.45, 2.75) is 76.9 Å². The fourth-order valence-electron chi connectivity index (χ4n) is 11.1. The van der Waals surface area contributed by atoms with Crippen LogP contribution in [0.25, 0.3) is 32.2 Å².